The van der Waals surface area contributed by atoms with Gasteiger partial charge in [0.1, 0.15) is 5.69 Å². The van der Waals surface area contributed by atoms with Crippen LogP contribution in [0, 0.1) is 11.3 Å². The molecule has 10 nitrogen and oxygen atoms in total. The molecular weight excluding hydrogens is 493 g/mol. The van der Waals surface area contributed by atoms with Crippen LogP contribution in [-0.2, 0) is 4.74 Å². The van der Waals surface area contributed by atoms with Gasteiger partial charge in [-0.15, -0.1) is 0 Å². The van der Waals surface area contributed by atoms with Crippen LogP contribution in [0.15, 0.2) is 18.2 Å². The Labute approximate surface area is 213 Å². The summed E-state index contributed by atoms with van der Waals surface area (Å²) in [6.07, 6.45) is 4.65. The number of nitrogens with zero attached hydrogens (tertiary/aromatic N) is 3. The SMILES string of the molecule is N=C(NC(=O)O)c1nc(NN2CCOCC2)c(NCC2CCCCC2)c(-c2cc(Cl)cc(Cl)c2)n1. The molecule has 1 saturated carbocycles. The molecule has 2 fully saturated rings. The average molecular weight is 522 g/mol. The number of hydrazine groups is 1. The molecule has 1 aromatic carbocycles. The first-order chi connectivity index (χ1) is 16.9. The van der Waals surface area contributed by atoms with Gasteiger partial charge in [-0.3, -0.25) is 10.7 Å². The van der Waals surface area contributed by atoms with Crippen molar-refractivity contribution in [3.8, 4) is 11.3 Å². The number of carbonyl (C=O) groups is 1. The van der Waals surface area contributed by atoms with Crippen molar-refractivity contribution in [3.63, 3.8) is 0 Å². The number of carboxylic acid groups (broad SMARTS) is 1. The predicted octanol–water partition coefficient (Wildman–Crippen LogP) is 4.69. The van der Waals surface area contributed by atoms with E-state index in [4.69, 9.17) is 38.5 Å². The summed E-state index contributed by atoms with van der Waals surface area (Å²) in [5, 5.41) is 25.8. The number of hydrogen-bond acceptors (Lipinski definition) is 8. The van der Waals surface area contributed by atoms with Crippen LogP contribution in [0.2, 0.25) is 10.0 Å². The summed E-state index contributed by atoms with van der Waals surface area (Å²) in [7, 11) is 0. The molecule has 0 bridgehead atoms. The van der Waals surface area contributed by atoms with Gasteiger partial charge in [-0.2, -0.15) is 0 Å². The van der Waals surface area contributed by atoms with E-state index in [9.17, 15) is 4.79 Å². The normalized spacial score (nSPS) is 17.1. The van der Waals surface area contributed by atoms with E-state index in [0.717, 1.165) is 19.4 Å². The second-order valence-electron chi connectivity index (χ2n) is 8.68. The maximum Gasteiger partial charge on any atom is 0.410 e. The maximum absolute atomic E-state index is 11.2. The van der Waals surface area contributed by atoms with Crippen LogP contribution in [0.5, 0.6) is 0 Å². The zero-order valence-corrected chi connectivity index (χ0v) is 20.8. The molecule has 35 heavy (non-hydrogen) atoms. The molecule has 0 unspecified atom stereocenters. The zero-order chi connectivity index (χ0) is 24.8. The largest absolute Gasteiger partial charge is 0.465 e. The van der Waals surface area contributed by atoms with E-state index in [-0.39, 0.29) is 5.82 Å². The molecule has 2 aromatic rings. The highest BCUT2D eigenvalue weighted by atomic mass is 35.5. The van der Waals surface area contributed by atoms with E-state index >= 15 is 0 Å². The van der Waals surface area contributed by atoms with E-state index in [1.54, 1.807) is 18.2 Å². The lowest BCUT2D eigenvalue weighted by molar-refractivity contribution is 0.0495. The molecule has 2 heterocycles. The average Bonchev–Trinajstić information content (AvgIpc) is 2.83. The highest BCUT2D eigenvalue weighted by Crippen LogP contribution is 2.36. The number of anilines is 2. The quantitative estimate of drug-likeness (QED) is 0.261. The van der Waals surface area contributed by atoms with Crippen molar-refractivity contribution in [3.05, 3.63) is 34.1 Å². The topological polar surface area (TPSA) is 135 Å². The Morgan fingerprint density at radius 1 is 1.11 bits per heavy atom. The van der Waals surface area contributed by atoms with Crippen LogP contribution in [0.25, 0.3) is 11.3 Å². The third kappa shape index (κ3) is 6.94. The van der Waals surface area contributed by atoms with Gasteiger partial charge in [0.25, 0.3) is 0 Å². The summed E-state index contributed by atoms with van der Waals surface area (Å²) in [5.74, 6) is 0.464. The summed E-state index contributed by atoms with van der Waals surface area (Å²) >= 11 is 12.6. The molecule has 12 heteroatoms. The van der Waals surface area contributed by atoms with E-state index < -0.39 is 11.9 Å². The molecule has 0 spiro atoms. The van der Waals surface area contributed by atoms with Crippen LogP contribution in [0.1, 0.15) is 37.9 Å². The summed E-state index contributed by atoms with van der Waals surface area (Å²) in [6.45, 7) is 3.17. The van der Waals surface area contributed by atoms with Gasteiger partial charge in [0.2, 0.25) is 0 Å². The fraction of sp³-hybridized carbons (Fsp3) is 0.478. The number of morpholine rings is 1. The smallest absolute Gasteiger partial charge is 0.410 e. The molecule has 1 aliphatic heterocycles. The summed E-state index contributed by atoms with van der Waals surface area (Å²) < 4.78 is 5.45. The van der Waals surface area contributed by atoms with Crippen molar-refractivity contribution in [1.29, 1.82) is 5.41 Å². The van der Waals surface area contributed by atoms with Gasteiger partial charge in [0.15, 0.2) is 17.5 Å². The molecule has 1 aromatic heterocycles. The highest BCUT2D eigenvalue weighted by molar-refractivity contribution is 6.35. The van der Waals surface area contributed by atoms with Crippen molar-refractivity contribution in [2.45, 2.75) is 32.1 Å². The number of halogens is 2. The van der Waals surface area contributed by atoms with Gasteiger partial charge in [0, 0.05) is 35.2 Å². The summed E-state index contributed by atoms with van der Waals surface area (Å²) in [4.78, 5) is 20.3. The number of amidine groups is 1. The monoisotopic (exact) mass is 521 g/mol. The van der Waals surface area contributed by atoms with E-state index in [2.05, 4.69) is 20.7 Å². The van der Waals surface area contributed by atoms with Crippen molar-refractivity contribution >= 4 is 46.6 Å². The predicted molar refractivity (Wildman–Crippen MR) is 137 cm³/mol. The van der Waals surface area contributed by atoms with E-state index in [1.165, 1.54) is 19.3 Å². The van der Waals surface area contributed by atoms with Crippen LogP contribution in [-0.4, -0.2) is 64.9 Å². The van der Waals surface area contributed by atoms with Gasteiger partial charge in [-0.1, -0.05) is 42.5 Å². The summed E-state index contributed by atoms with van der Waals surface area (Å²) in [5.41, 5.74) is 5.08. The van der Waals surface area contributed by atoms with Gasteiger partial charge >= 0.3 is 6.09 Å². The lowest BCUT2D eigenvalue weighted by atomic mass is 9.89. The Kier molecular flexibility index (Phi) is 8.61. The fourth-order valence-corrected chi connectivity index (χ4v) is 4.87. The molecule has 4 rings (SSSR count). The molecule has 2 aliphatic rings. The highest BCUT2D eigenvalue weighted by Gasteiger charge is 2.23. The number of nitrogens with one attached hydrogen (secondary N) is 4. The van der Waals surface area contributed by atoms with E-state index in [1.807, 2.05) is 10.3 Å². The van der Waals surface area contributed by atoms with Gasteiger partial charge in [-0.25, -0.2) is 19.8 Å². The Bertz CT molecular complexity index is 1050. The lowest BCUT2D eigenvalue weighted by Crippen LogP contribution is -2.41. The minimum atomic E-state index is -1.37. The minimum absolute atomic E-state index is 0.0718. The van der Waals surface area contributed by atoms with Crippen LogP contribution >= 0.6 is 23.2 Å². The number of aromatic nitrogens is 2. The molecular formula is C23H29Cl2N7O3. The van der Waals surface area contributed by atoms with Crippen LogP contribution in [0.4, 0.5) is 16.3 Å². The molecule has 1 aliphatic carbocycles. The van der Waals surface area contributed by atoms with Crippen molar-refractivity contribution in [2.24, 2.45) is 5.92 Å². The standard InChI is InChI=1S/C23H29Cl2N7O3/c24-16-10-15(11-17(25)12-16)18-19(27-13-14-4-2-1-3-5-14)21(31-32-6-8-35-9-7-32)30-22(28-18)20(26)29-23(33)34/h10-12,14,27H,1-9,13H2,(H2,26,29)(H,33,34)(H,28,30,31). The molecule has 0 atom stereocenters. The Hall–Kier alpha value is -2.66. The maximum atomic E-state index is 11.2. The Morgan fingerprint density at radius 3 is 2.46 bits per heavy atom. The number of benzene rings is 1. The second kappa shape index (κ2) is 11.9. The third-order valence-corrected chi connectivity index (χ3v) is 6.50. The first-order valence-corrected chi connectivity index (χ1v) is 12.4. The first kappa shape index (κ1) is 25.4. The van der Waals surface area contributed by atoms with Crippen molar-refractivity contribution in [1.82, 2.24) is 20.3 Å². The molecule has 1 saturated heterocycles. The molecule has 1 amide bonds. The second-order valence-corrected chi connectivity index (χ2v) is 9.55. The fourth-order valence-electron chi connectivity index (χ4n) is 4.35. The molecule has 188 valence electrons. The first-order valence-electron chi connectivity index (χ1n) is 11.7. The van der Waals surface area contributed by atoms with Crippen molar-refractivity contribution in [2.75, 3.05) is 43.6 Å². The molecule has 5 N–H and O–H groups in total. The molecule has 0 radical (unpaired) electrons. The van der Waals surface area contributed by atoms with Gasteiger partial charge < -0.3 is 20.6 Å². The number of ether oxygens (including phenoxy) is 1. The number of hydrogen-bond donors (Lipinski definition) is 5. The van der Waals surface area contributed by atoms with Gasteiger partial charge in [0.05, 0.1) is 18.9 Å². The third-order valence-electron chi connectivity index (χ3n) is 6.07. The van der Waals surface area contributed by atoms with E-state index in [0.29, 0.717) is 65.0 Å². The van der Waals surface area contributed by atoms with Crippen LogP contribution < -0.4 is 16.1 Å². The summed E-state index contributed by atoms with van der Waals surface area (Å²) in [6, 6.07) is 5.10. The lowest BCUT2D eigenvalue weighted by Gasteiger charge is -2.30. The zero-order valence-electron chi connectivity index (χ0n) is 19.2. The Balaban J connectivity index is 1.78. The van der Waals surface area contributed by atoms with Crippen molar-refractivity contribution < 1.29 is 14.6 Å². The number of rotatable bonds is 7. The minimum Gasteiger partial charge on any atom is -0.465 e. The Morgan fingerprint density at radius 2 is 1.80 bits per heavy atom. The van der Waals surface area contributed by atoms with Crippen LogP contribution in [0.3, 0.4) is 0 Å². The number of amides is 1. The van der Waals surface area contributed by atoms with Gasteiger partial charge in [-0.05, 0) is 37.0 Å².